The summed E-state index contributed by atoms with van der Waals surface area (Å²) in [5, 5.41) is 3.08. The molecule has 1 unspecified atom stereocenters. The Balaban J connectivity index is 2.45. The Morgan fingerprint density at radius 1 is 1.20 bits per heavy atom. The van der Waals surface area contributed by atoms with Crippen LogP contribution in [-0.4, -0.2) is 36.5 Å². The quantitative estimate of drug-likeness (QED) is 0.833. The van der Waals surface area contributed by atoms with Crippen molar-refractivity contribution in [2.75, 3.05) is 19.6 Å². The minimum absolute atomic E-state index is 0.0421. The third-order valence-electron chi connectivity index (χ3n) is 3.23. The number of hydrogen-bond acceptors (Lipinski definition) is 2. The summed E-state index contributed by atoms with van der Waals surface area (Å²) in [5.74, 6) is -1.11. The van der Waals surface area contributed by atoms with Gasteiger partial charge in [-0.3, -0.25) is 4.79 Å². The summed E-state index contributed by atoms with van der Waals surface area (Å²) in [4.78, 5) is 13.7. The van der Waals surface area contributed by atoms with Crippen LogP contribution >= 0.6 is 0 Å². The molecule has 0 radical (unpaired) electrons. The van der Waals surface area contributed by atoms with Crippen LogP contribution in [0.25, 0.3) is 0 Å². The highest BCUT2D eigenvalue weighted by atomic mass is 19.1. The normalized spacial score (nSPS) is 12.2. The number of hydrogen-bond donors (Lipinski definition) is 1. The second-order valence-corrected chi connectivity index (χ2v) is 4.71. The molecule has 1 atom stereocenters. The molecule has 0 saturated carbocycles. The summed E-state index contributed by atoms with van der Waals surface area (Å²) < 4.78 is 26.0. The van der Waals surface area contributed by atoms with Gasteiger partial charge >= 0.3 is 0 Å². The lowest BCUT2D eigenvalue weighted by Crippen LogP contribution is -2.45. The zero-order valence-corrected chi connectivity index (χ0v) is 12.2. The van der Waals surface area contributed by atoms with Crippen molar-refractivity contribution in [3.63, 3.8) is 0 Å². The van der Waals surface area contributed by atoms with Crippen molar-refractivity contribution in [1.29, 1.82) is 0 Å². The van der Waals surface area contributed by atoms with Crippen molar-refractivity contribution >= 4 is 5.91 Å². The van der Waals surface area contributed by atoms with E-state index in [0.29, 0.717) is 31.6 Å². The molecule has 0 aliphatic heterocycles. The van der Waals surface area contributed by atoms with Gasteiger partial charge in [0.05, 0.1) is 6.04 Å². The third-order valence-corrected chi connectivity index (χ3v) is 3.23. The fourth-order valence-corrected chi connectivity index (χ4v) is 2.08. The van der Waals surface area contributed by atoms with Crippen molar-refractivity contribution in [3.8, 4) is 0 Å². The lowest BCUT2D eigenvalue weighted by atomic mass is 10.1. The van der Waals surface area contributed by atoms with Crippen LogP contribution in [0.3, 0.4) is 0 Å². The standard InChI is InChI=1S/C15H22F2N2O/c1-4-19(5-2)15(20)11(3)18-7-6-12-8-13(16)10-14(17)9-12/h8-11,18H,4-7H2,1-3H3. The number of likely N-dealkylation sites (N-methyl/N-ethyl adjacent to an activating group) is 1. The number of benzene rings is 1. The molecule has 0 fully saturated rings. The maximum Gasteiger partial charge on any atom is 0.239 e. The maximum atomic E-state index is 13.0. The summed E-state index contributed by atoms with van der Waals surface area (Å²) in [6.45, 7) is 7.52. The molecule has 0 aliphatic carbocycles. The van der Waals surface area contributed by atoms with E-state index < -0.39 is 11.6 Å². The highest BCUT2D eigenvalue weighted by molar-refractivity contribution is 5.81. The van der Waals surface area contributed by atoms with Crippen LogP contribution in [0, 0.1) is 11.6 Å². The van der Waals surface area contributed by atoms with Crippen LogP contribution in [-0.2, 0) is 11.2 Å². The van der Waals surface area contributed by atoms with Gasteiger partial charge in [-0.25, -0.2) is 8.78 Å². The van der Waals surface area contributed by atoms with Crippen molar-refractivity contribution < 1.29 is 13.6 Å². The van der Waals surface area contributed by atoms with Gasteiger partial charge in [-0.1, -0.05) is 0 Å². The zero-order chi connectivity index (χ0) is 15.1. The second-order valence-electron chi connectivity index (χ2n) is 4.71. The number of carbonyl (C=O) groups is 1. The van der Waals surface area contributed by atoms with Gasteiger partial charge < -0.3 is 10.2 Å². The summed E-state index contributed by atoms with van der Waals surface area (Å²) >= 11 is 0. The Hall–Kier alpha value is -1.49. The maximum absolute atomic E-state index is 13.0. The van der Waals surface area contributed by atoms with Crippen LogP contribution in [0.5, 0.6) is 0 Å². The van der Waals surface area contributed by atoms with Crippen LogP contribution in [0.4, 0.5) is 8.78 Å². The van der Waals surface area contributed by atoms with Gasteiger partial charge in [-0.15, -0.1) is 0 Å². The van der Waals surface area contributed by atoms with Crippen molar-refractivity contribution in [3.05, 3.63) is 35.4 Å². The van der Waals surface area contributed by atoms with Crippen molar-refractivity contribution in [2.45, 2.75) is 33.2 Å². The molecule has 1 N–H and O–H groups in total. The topological polar surface area (TPSA) is 32.3 Å². The smallest absolute Gasteiger partial charge is 0.239 e. The lowest BCUT2D eigenvalue weighted by molar-refractivity contribution is -0.132. The van der Waals surface area contributed by atoms with Crippen molar-refractivity contribution in [1.82, 2.24) is 10.2 Å². The van der Waals surface area contributed by atoms with E-state index >= 15 is 0 Å². The summed E-state index contributed by atoms with van der Waals surface area (Å²) in [7, 11) is 0. The summed E-state index contributed by atoms with van der Waals surface area (Å²) in [6.07, 6.45) is 0.477. The van der Waals surface area contributed by atoms with E-state index in [9.17, 15) is 13.6 Å². The molecule has 1 amide bonds. The highest BCUT2D eigenvalue weighted by Gasteiger charge is 2.17. The first-order valence-electron chi connectivity index (χ1n) is 6.95. The Kier molecular flexibility index (Phi) is 6.58. The molecule has 0 spiro atoms. The van der Waals surface area contributed by atoms with E-state index in [4.69, 9.17) is 0 Å². The molecule has 5 heteroatoms. The number of halogens is 2. The third kappa shape index (κ3) is 4.89. The van der Waals surface area contributed by atoms with Gasteiger partial charge in [0.25, 0.3) is 0 Å². The van der Waals surface area contributed by atoms with Crippen LogP contribution < -0.4 is 5.32 Å². The van der Waals surface area contributed by atoms with E-state index in [-0.39, 0.29) is 11.9 Å². The zero-order valence-electron chi connectivity index (χ0n) is 12.2. The van der Waals surface area contributed by atoms with Crippen LogP contribution in [0.15, 0.2) is 18.2 Å². The van der Waals surface area contributed by atoms with Crippen LogP contribution in [0.2, 0.25) is 0 Å². The molecule has 1 aromatic rings. The first kappa shape index (κ1) is 16.6. The van der Waals surface area contributed by atoms with E-state index in [1.807, 2.05) is 13.8 Å². The average Bonchev–Trinajstić information content (AvgIpc) is 2.38. The van der Waals surface area contributed by atoms with E-state index in [2.05, 4.69) is 5.32 Å². The first-order chi connectivity index (χ1) is 9.47. The molecule has 0 aromatic heterocycles. The van der Waals surface area contributed by atoms with Crippen LogP contribution in [0.1, 0.15) is 26.3 Å². The fourth-order valence-electron chi connectivity index (χ4n) is 2.08. The van der Waals surface area contributed by atoms with Crippen molar-refractivity contribution in [2.24, 2.45) is 0 Å². The highest BCUT2D eigenvalue weighted by Crippen LogP contribution is 2.08. The number of amides is 1. The fraction of sp³-hybridized carbons (Fsp3) is 0.533. The molecule has 0 saturated heterocycles. The predicted molar refractivity (Wildman–Crippen MR) is 75.5 cm³/mol. The molecule has 0 bridgehead atoms. The monoisotopic (exact) mass is 284 g/mol. The molecule has 3 nitrogen and oxygen atoms in total. The van der Waals surface area contributed by atoms with E-state index in [1.165, 1.54) is 12.1 Å². The molecular weight excluding hydrogens is 262 g/mol. The Morgan fingerprint density at radius 2 is 1.75 bits per heavy atom. The number of nitrogens with one attached hydrogen (secondary N) is 1. The van der Waals surface area contributed by atoms with Gasteiger partial charge in [0, 0.05) is 19.2 Å². The Bertz CT molecular complexity index is 427. The Morgan fingerprint density at radius 3 is 2.25 bits per heavy atom. The molecule has 0 heterocycles. The number of rotatable bonds is 7. The molecule has 112 valence electrons. The number of carbonyl (C=O) groups excluding carboxylic acids is 1. The second kappa shape index (κ2) is 7.94. The van der Waals surface area contributed by atoms with E-state index in [0.717, 1.165) is 6.07 Å². The largest absolute Gasteiger partial charge is 0.342 e. The molecular formula is C15H22F2N2O. The van der Waals surface area contributed by atoms with Gasteiger partial charge in [0.2, 0.25) is 5.91 Å². The van der Waals surface area contributed by atoms with Gasteiger partial charge in [-0.2, -0.15) is 0 Å². The average molecular weight is 284 g/mol. The van der Waals surface area contributed by atoms with Gasteiger partial charge in [-0.05, 0) is 51.4 Å². The minimum Gasteiger partial charge on any atom is -0.342 e. The van der Waals surface area contributed by atoms with Gasteiger partial charge in [0.1, 0.15) is 11.6 Å². The minimum atomic E-state index is -0.577. The summed E-state index contributed by atoms with van der Waals surface area (Å²) in [6, 6.07) is 3.17. The van der Waals surface area contributed by atoms with E-state index in [1.54, 1.807) is 11.8 Å². The lowest BCUT2D eigenvalue weighted by Gasteiger charge is -2.23. The predicted octanol–water partition coefficient (Wildman–Crippen LogP) is 2.35. The molecule has 1 aromatic carbocycles. The summed E-state index contributed by atoms with van der Waals surface area (Å²) in [5.41, 5.74) is 0.581. The first-order valence-corrected chi connectivity index (χ1v) is 6.95. The number of nitrogens with zero attached hydrogens (tertiary/aromatic N) is 1. The molecule has 0 aliphatic rings. The molecule has 1 rings (SSSR count). The Labute approximate surface area is 119 Å². The molecule has 20 heavy (non-hydrogen) atoms. The van der Waals surface area contributed by atoms with Gasteiger partial charge in [0.15, 0.2) is 0 Å². The SMILES string of the molecule is CCN(CC)C(=O)C(C)NCCc1cc(F)cc(F)c1.